The fourth-order valence-electron chi connectivity index (χ4n) is 8.18. The van der Waals surface area contributed by atoms with Gasteiger partial charge < -0.3 is 9.15 Å². The molecule has 0 saturated heterocycles. The van der Waals surface area contributed by atoms with E-state index in [1.807, 2.05) is 36.4 Å². The minimum absolute atomic E-state index is 0.220. The molecule has 0 bridgehead atoms. The number of rotatable bonds is 5. The van der Waals surface area contributed by atoms with Gasteiger partial charge in [-0.25, -0.2) is 15.0 Å². The molecule has 2 aromatic heterocycles. The average Bonchev–Trinajstić information content (AvgIpc) is 3.77. The van der Waals surface area contributed by atoms with Crippen molar-refractivity contribution in [1.29, 1.82) is 0 Å². The lowest BCUT2D eigenvalue weighted by Gasteiger charge is -2.33. The Hall–Kier alpha value is -6.07. The molecule has 3 heterocycles. The lowest BCUT2D eigenvalue weighted by atomic mass is 9.71. The van der Waals surface area contributed by atoms with E-state index in [1.165, 1.54) is 22.1 Å². The standard InChI is InChI=1S/C45H33N3O2/c1-3-11-28(12-4-1)29-21-23-31(24-22-29)44-46-43(30-13-5-2-6-14-30)47-45(48-44)32-25-26-36-40(27-32)50-39-20-10-17-34(42(36)39)33-16-9-19-38-41(33)35-15-7-8-18-37(35)49-38/h1-8,10-15,17-18,20-27,33,38,41H,9,16,19H2. The lowest BCUT2D eigenvalue weighted by molar-refractivity contribution is 0.151. The first-order valence-electron chi connectivity index (χ1n) is 17.5. The molecular formula is C45H33N3O2. The van der Waals surface area contributed by atoms with Gasteiger partial charge in [-0.05, 0) is 66.1 Å². The molecule has 2 aliphatic rings. The molecule has 6 aromatic carbocycles. The zero-order valence-corrected chi connectivity index (χ0v) is 27.4. The molecule has 3 unspecified atom stereocenters. The molecule has 50 heavy (non-hydrogen) atoms. The molecule has 0 amide bonds. The largest absolute Gasteiger partial charge is 0.489 e. The van der Waals surface area contributed by atoms with Crippen molar-refractivity contribution in [2.24, 2.45) is 0 Å². The summed E-state index contributed by atoms with van der Waals surface area (Å²) in [5.74, 6) is 3.62. The van der Waals surface area contributed by atoms with E-state index >= 15 is 0 Å². The second-order valence-electron chi connectivity index (χ2n) is 13.4. The van der Waals surface area contributed by atoms with Crippen molar-refractivity contribution in [2.45, 2.75) is 37.2 Å². The predicted molar refractivity (Wildman–Crippen MR) is 199 cm³/mol. The van der Waals surface area contributed by atoms with E-state index < -0.39 is 0 Å². The highest BCUT2D eigenvalue weighted by molar-refractivity contribution is 6.08. The summed E-state index contributed by atoms with van der Waals surface area (Å²) < 4.78 is 13.1. The third kappa shape index (κ3) is 4.88. The molecule has 0 N–H and O–H groups in total. The van der Waals surface area contributed by atoms with E-state index in [0.717, 1.165) is 63.8 Å². The molecule has 0 spiro atoms. The van der Waals surface area contributed by atoms with Crippen molar-refractivity contribution >= 4 is 21.9 Å². The van der Waals surface area contributed by atoms with Gasteiger partial charge in [0, 0.05) is 38.9 Å². The molecular weight excluding hydrogens is 615 g/mol. The van der Waals surface area contributed by atoms with Crippen LogP contribution in [0.4, 0.5) is 0 Å². The van der Waals surface area contributed by atoms with Crippen LogP contribution in [-0.4, -0.2) is 21.1 Å². The zero-order valence-electron chi connectivity index (χ0n) is 27.4. The van der Waals surface area contributed by atoms with Crippen LogP contribution in [0.3, 0.4) is 0 Å². The number of hydrogen-bond donors (Lipinski definition) is 0. The summed E-state index contributed by atoms with van der Waals surface area (Å²) in [7, 11) is 0. The Kier molecular flexibility index (Phi) is 6.83. The molecule has 10 rings (SSSR count). The van der Waals surface area contributed by atoms with Gasteiger partial charge in [0.1, 0.15) is 23.0 Å². The quantitative estimate of drug-likeness (QED) is 0.186. The molecule has 3 atom stereocenters. The van der Waals surface area contributed by atoms with E-state index in [-0.39, 0.29) is 6.10 Å². The number of ether oxygens (including phenoxy) is 1. The average molecular weight is 648 g/mol. The Morgan fingerprint density at radius 2 is 1.08 bits per heavy atom. The van der Waals surface area contributed by atoms with Gasteiger partial charge in [-0.1, -0.05) is 121 Å². The second kappa shape index (κ2) is 11.8. The molecule has 240 valence electrons. The van der Waals surface area contributed by atoms with E-state index in [4.69, 9.17) is 24.1 Å². The van der Waals surface area contributed by atoms with Crippen LogP contribution >= 0.6 is 0 Å². The van der Waals surface area contributed by atoms with Crippen LogP contribution in [0.5, 0.6) is 5.75 Å². The highest BCUT2D eigenvalue weighted by Crippen LogP contribution is 2.53. The monoisotopic (exact) mass is 647 g/mol. The summed E-state index contributed by atoms with van der Waals surface area (Å²) in [6.45, 7) is 0. The third-order valence-corrected chi connectivity index (χ3v) is 10.5. The van der Waals surface area contributed by atoms with Crippen LogP contribution in [0.25, 0.3) is 67.2 Å². The van der Waals surface area contributed by atoms with E-state index in [1.54, 1.807) is 0 Å². The normalized spacial score (nSPS) is 18.1. The molecule has 0 radical (unpaired) electrons. The molecule has 1 aliphatic heterocycles. The Balaban J connectivity index is 1.07. The molecule has 1 fully saturated rings. The van der Waals surface area contributed by atoms with Crippen molar-refractivity contribution in [1.82, 2.24) is 15.0 Å². The number of nitrogens with zero attached hydrogens (tertiary/aromatic N) is 3. The smallest absolute Gasteiger partial charge is 0.164 e. The van der Waals surface area contributed by atoms with Gasteiger partial charge in [0.15, 0.2) is 17.5 Å². The van der Waals surface area contributed by atoms with E-state index in [9.17, 15) is 0 Å². The SMILES string of the molecule is c1ccc(-c2ccc(-c3nc(-c4ccccc4)nc(-c4ccc5c(c4)oc4cccc(C6CCCC7Oc8ccccc8C76)c45)n3)cc2)cc1. The van der Waals surface area contributed by atoms with Crippen LogP contribution in [0.15, 0.2) is 150 Å². The fourth-order valence-corrected chi connectivity index (χ4v) is 8.18. The number of benzene rings is 6. The van der Waals surface area contributed by atoms with Gasteiger partial charge in [0.05, 0.1) is 0 Å². The summed E-state index contributed by atoms with van der Waals surface area (Å²) in [6, 6.07) is 50.4. The van der Waals surface area contributed by atoms with Crippen molar-refractivity contribution < 1.29 is 9.15 Å². The maximum Gasteiger partial charge on any atom is 0.164 e. The Morgan fingerprint density at radius 1 is 0.480 bits per heavy atom. The van der Waals surface area contributed by atoms with Crippen molar-refractivity contribution in [3.63, 3.8) is 0 Å². The molecule has 1 saturated carbocycles. The summed E-state index contributed by atoms with van der Waals surface area (Å²) in [5.41, 5.74) is 9.50. The third-order valence-electron chi connectivity index (χ3n) is 10.5. The first kappa shape index (κ1) is 28.9. The van der Waals surface area contributed by atoms with Crippen molar-refractivity contribution in [3.8, 4) is 51.0 Å². The van der Waals surface area contributed by atoms with Gasteiger partial charge in [0.2, 0.25) is 0 Å². The predicted octanol–water partition coefficient (Wildman–Crippen LogP) is 11.3. The van der Waals surface area contributed by atoms with Crippen LogP contribution in [-0.2, 0) is 0 Å². The Morgan fingerprint density at radius 3 is 1.86 bits per heavy atom. The van der Waals surface area contributed by atoms with Crippen molar-refractivity contribution in [2.75, 3.05) is 0 Å². The number of fused-ring (bicyclic) bond motifs is 6. The first-order chi connectivity index (χ1) is 24.8. The van der Waals surface area contributed by atoms with Gasteiger partial charge in [-0.15, -0.1) is 0 Å². The highest BCUT2D eigenvalue weighted by Gasteiger charge is 2.43. The maximum absolute atomic E-state index is 6.61. The number of furan rings is 1. The van der Waals surface area contributed by atoms with E-state index in [2.05, 4.69) is 109 Å². The second-order valence-corrected chi connectivity index (χ2v) is 13.4. The van der Waals surface area contributed by atoms with E-state index in [0.29, 0.717) is 29.3 Å². The van der Waals surface area contributed by atoms with Gasteiger partial charge in [-0.3, -0.25) is 0 Å². The molecule has 5 heteroatoms. The van der Waals surface area contributed by atoms with Gasteiger partial charge in [0.25, 0.3) is 0 Å². The van der Waals surface area contributed by atoms with Gasteiger partial charge >= 0.3 is 0 Å². The summed E-state index contributed by atoms with van der Waals surface area (Å²) in [6.07, 6.45) is 3.59. The number of para-hydroxylation sites is 1. The summed E-state index contributed by atoms with van der Waals surface area (Å²) in [5, 5.41) is 2.31. The summed E-state index contributed by atoms with van der Waals surface area (Å²) in [4.78, 5) is 15.0. The number of aromatic nitrogens is 3. The Labute approximate surface area is 290 Å². The van der Waals surface area contributed by atoms with Crippen LogP contribution in [0.2, 0.25) is 0 Å². The molecule has 1 aliphatic carbocycles. The van der Waals surface area contributed by atoms with Crippen molar-refractivity contribution in [3.05, 3.63) is 157 Å². The minimum atomic E-state index is 0.220. The fraction of sp³-hybridized carbons (Fsp3) is 0.133. The molecule has 5 nitrogen and oxygen atoms in total. The topological polar surface area (TPSA) is 61.0 Å². The highest BCUT2D eigenvalue weighted by atomic mass is 16.5. The Bertz CT molecular complexity index is 2510. The van der Waals surface area contributed by atoms with Crippen LogP contribution in [0.1, 0.15) is 42.2 Å². The summed E-state index contributed by atoms with van der Waals surface area (Å²) >= 11 is 0. The van der Waals surface area contributed by atoms with Crippen LogP contribution < -0.4 is 4.74 Å². The lowest BCUT2D eigenvalue weighted by Crippen LogP contribution is -2.28. The zero-order chi connectivity index (χ0) is 33.0. The van der Waals surface area contributed by atoms with Gasteiger partial charge in [-0.2, -0.15) is 0 Å². The first-order valence-corrected chi connectivity index (χ1v) is 17.5. The minimum Gasteiger partial charge on any atom is -0.489 e. The van der Waals surface area contributed by atoms with Crippen LogP contribution in [0, 0.1) is 0 Å². The molecule has 8 aromatic rings. The number of hydrogen-bond acceptors (Lipinski definition) is 5. The maximum atomic E-state index is 6.61.